The number of halogens is 1. The molecule has 1 fully saturated rings. The molecular formula is C41H60ClN6O7P. The molecule has 0 radical (unpaired) electrons. The summed E-state index contributed by atoms with van der Waals surface area (Å²) in [5.41, 5.74) is 6.72. The Labute approximate surface area is 337 Å². The van der Waals surface area contributed by atoms with Gasteiger partial charge in [-0.25, -0.2) is 14.1 Å². The van der Waals surface area contributed by atoms with Crippen LogP contribution in [0.4, 0.5) is 5.82 Å². The molecule has 1 unspecified atom stereocenters. The minimum atomic E-state index is -4.55. The van der Waals surface area contributed by atoms with Gasteiger partial charge in [-0.15, -0.1) is 0 Å². The van der Waals surface area contributed by atoms with E-state index in [1.807, 2.05) is 6.07 Å². The maximum absolute atomic E-state index is 13.0. The number of anilines is 1. The van der Waals surface area contributed by atoms with Gasteiger partial charge < -0.3 is 24.8 Å². The van der Waals surface area contributed by atoms with Gasteiger partial charge in [0.2, 0.25) is 0 Å². The van der Waals surface area contributed by atoms with E-state index < -0.39 is 25.6 Å². The molecule has 2 aromatic heterocycles. The average molecular weight is 815 g/mol. The Bertz CT molecular complexity index is 1750. The number of phosphoric ester groups is 1. The van der Waals surface area contributed by atoms with Crippen molar-refractivity contribution in [3.8, 4) is 12.1 Å². The minimum absolute atomic E-state index is 0.121. The summed E-state index contributed by atoms with van der Waals surface area (Å²) in [6, 6.07) is 12.7. The molecule has 1 aliphatic rings. The maximum atomic E-state index is 13.0. The summed E-state index contributed by atoms with van der Waals surface area (Å²) >= 11 is 6.21. The summed E-state index contributed by atoms with van der Waals surface area (Å²) in [6.45, 7) is 2.50. The van der Waals surface area contributed by atoms with Crippen LogP contribution >= 0.6 is 19.4 Å². The lowest BCUT2D eigenvalue weighted by Crippen LogP contribution is -2.28. The molecule has 3 heterocycles. The Balaban J connectivity index is 1.15. The van der Waals surface area contributed by atoms with Crippen LogP contribution in [0.5, 0.6) is 0 Å². The lowest BCUT2D eigenvalue weighted by atomic mass is 9.98. The second-order valence-corrected chi connectivity index (χ2v) is 16.5. The second kappa shape index (κ2) is 24.6. The molecule has 13 nitrogen and oxygen atoms in total. The molecule has 15 heteroatoms. The summed E-state index contributed by atoms with van der Waals surface area (Å²) in [5, 5.41) is 23.9. The molecule has 1 aliphatic heterocycles. The Kier molecular flexibility index (Phi) is 20.0. The Hall–Kier alpha value is -3.10. The number of hydrogen-bond donors (Lipinski definition) is 2. The minimum Gasteiger partial charge on any atom is -0.382 e. The standard InChI is InChI=1S/C41H60ClN6O7P/c1-2-3-4-5-6-7-8-9-10-11-12-13-14-15-16-17-24-51-28-36(52-27-33-18-19-34(26-43)37(42)25-33)30-54-56(49,50)53-29-35-22-23-41(31-44,55-35)39-21-20-38-40(45)46-32-47-48(38)39/h18-21,25,32,35-36H,2-17,22-24,27-30H2,1H3,(H,49,50)(H2,45,46,47)/t35-,36+,41-/m0/s1. The fraction of sp³-hybridized carbons (Fsp3) is 0.659. The topological polar surface area (TPSA) is 187 Å². The number of rotatable bonds is 29. The van der Waals surface area contributed by atoms with Crippen LogP contribution in [-0.4, -0.2) is 58.1 Å². The number of ether oxygens (including phenoxy) is 3. The fourth-order valence-electron chi connectivity index (χ4n) is 6.93. The number of fused-ring (bicyclic) bond motifs is 1. The highest BCUT2D eigenvalue weighted by Crippen LogP contribution is 2.46. The number of hydrogen-bond acceptors (Lipinski definition) is 11. The van der Waals surface area contributed by atoms with E-state index in [-0.39, 0.29) is 32.2 Å². The summed E-state index contributed by atoms with van der Waals surface area (Å²) < 4.78 is 43.3. The molecule has 0 saturated carbocycles. The van der Waals surface area contributed by atoms with Crippen LogP contribution in [0.25, 0.3) is 5.52 Å². The third-order valence-corrected chi connectivity index (χ3v) is 11.5. The van der Waals surface area contributed by atoms with Crippen molar-refractivity contribution >= 4 is 30.8 Å². The first kappa shape index (κ1) is 45.6. The van der Waals surface area contributed by atoms with Crippen molar-refractivity contribution in [2.24, 2.45) is 0 Å². The molecule has 4 atom stereocenters. The van der Waals surface area contributed by atoms with Crippen molar-refractivity contribution in [2.75, 3.05) is 32.2 Å². The number of unbranched alkanes of at least 4 members (excludes halogenated alkanes) is 15. The highest BCUT2D eigenvalue weighted by molar-refractivity contribution is 7.47. The van der Waals surface area contributed by atoms with Gasteiger partial charge in [0.15, 0.2) is 11.4 Å². The van der Waals surface area contributed by atoms with Crippen LogP contribution in [-0.2, 0) is 40.0 Å². The first-order valence-electron chi connectivity index (χ1n) is 20.4. The van der Waals surface area contributed by atoms with Crippen molar-refractivity contribution in [1.29, 1.82) is 10.5 Å². The number of benzene rings is 1. The molecular weight excluding hydrogens is 755 g/mol. The Morgan fingerprint density at radius 2 is 1.64 bits per heavy atom. The van der Waals surface area contributed by atoms with E-state index in [2.05, 4.69) is 23.1 Å². The molecule has 56 heavy (non-hydrogen) atoms. The van der Waals surface area contributed by atoms with E-state index in [9.17, 15) is 20.0 Å². The van der Waals surface area contributed by atoms with E-state index in [1.165, 1.54) is 101 Å². The monoisotopic (exact) mass is 814 g/mol. The quantitative estimate of drug-likeness (QED) is 0.0500. The first-order valence-corrected chi connectivity index (χ1v) is 22.2. The van der Waals surface area contributed by atoms with Crippen LogP contribution < -0.4 is 5.73 Å². The lowest BCUT2D eigenvalue weighted by molar-refractivity contribution is -0.0560. The van der Waals surface area contributed by atoms with Gasteiger partial charge in [0.1, 0.15) is 30.1 Å². The van der Waals surface area contributed by atoms with E-state index >= 15 is 0 Å². The number of nitrogens with two attached hydrogens (primary N) is 1. The van der Waals surface area contributed by atoms with Gasteiger partial charge in [-0.3, -0.25) is 9.05 Å². The normalized spacial score (nSPS) is 18.5. The number of nitrogens with zero attached hydrogens (tertiary/aromatic N) is 5. The van der Waals surface area contributed by atoms with Crippen molar-refractivity contribution in [2.45, 2.75) is 147 Å². The smallest absolute Gasteiger partial charge is 0.382 e. The van der Waals surface area contributed by atoms with Crippen molar-refractivity contribution in [3.05, 3.63) is 58.5 Å². The SMILES string of the molecule is CCCCCCCCCCCCCCCCCCOC[C@H](COP(=O)(O)OC[C@@H]1CC[C@](C#N)(c2ccc3c(N)ncnn23)O1)OCc1ccc(C#N)c(Cl)c1. The fourth-order valence-corrected chi connectivity index (χ4v) is 7.96. The van der Waals surface area contributed by atoms with Crippen molar-refractivity contribution in [1.82, 2.24) is 14.6 Å². The molecule has 3 aromatic rings. The van der Waals surface area contributed by atoms with E-state index in [1.54, 1.807) is 30.3 Å². The zero-order chi connectivity index (χ0) is 40.1. The molecule has 0 amide bonds. The summed E-state index contributed by atoms with van der Waals surface area (Å²) in [5.74, 6) is 0.268. The Morgan fingerprint density at radius 3 is 2.27 bits per heavy atom. The molecule has 1 saturated heterocycles. The molecule has 0 spiro atoms. The lowest BCUT2D eigenvalue weighted by Gasteiger charge is -2.23. The van der Waals surface area contributed by atoms with Gasteiger partial charge in [0.25, 0.3) is 0 Å². The predicted molar refractivity (Wildman–Crippen MR) is 216 cm³/mol. The predicted octanol–water partition coefficient (Wildman–Crippen LogP) is 9.73. The van der Waals surface area contributed by atoms with Crippen molar-refractivity contribution in [3.63, 3.8) is 0 Å². The van der Waals surface area contributed by atoms with Crippen molar-refractivity contribution < 1.29 is 32.7 Å². The number of aromatic nitrogens is 3. The maximum Gasteiger partial charge on any atom is 0.472 e. The van der Waals surface area contributed by atoms with E-state index in [0.717, 1.165) is 18.4 Å². The van der Waals surface area contributed by atoms with E-state index in [0.29, 0.717) is 41.2 Å². The Morgan fingerprint density at radius 1 is 0.982 bits per heavy atom. The van der Waals surface area contributed by atoms with Gasteiger partial charge >= 0.3 is 7.82 Å². The highest BCUT2D eigenvalue weighted by Gasteiger charge is 2.45. The van der Waals surface area contributed by atoms with Gasteiger partial charge in [0.05, 0.1) is 48.8 Å². The van der Waals surface area contributed by atoms with Gasteiger partial charge in [-0.2, -0.15) is 15.6 Å². The summed E-state index contributed by atoms with van der Waals surface area (Å²) in [4.78, 5) is 14.6. The first-order chi connectivity index (χ1) is 27.2. The van der Waals surface area contributed by atoms with Crippen LogP contribution in [0.1, 0.15) is 139 Å². The number of phosphoric acid groups is 1. The third-order valence-electron chi connectivity index (χ3n) is 10.2. The molecule has 0 bridgehead atoms. The average Bonchev–Trinajstić information content (AvgIpc) is 3.84. The summed E-state index contributed by atoms with van der Waals surface area (Å²) in [7, 11) is -4.55. The van der Waals surface area contributed by atoms with E-state index in [4.69, 9.17) is 40.6 Å². The van der Waals surface area contributed by atoms with Crippen LogP contribution in [0.15, 0.2) is 36.7 Å². The second-order valence-electron chi connectivity index (χ2n) is 14.7. The zero-order valence-electron chi connectivity index (χ0n) is 32.9. The van der Waals surface area contributed by atoms with Crippen LogP contribution in [0, 0.1) is 22.7 Å². The van der Waals surface area contributed by atoms with Crippen LogP contribution in [0.2, 0.25) is 5.02 Å². The van der Waals surface area contributed by atoms with Gasteiger partial charge in [0, 0.05) is 6.61 Å². The van der Waals surface area contributed by atoms with Crippen LogP contribution in [0.3, 0.4) is 0 Å². The molecule has 1 aromatic carbocycles. The third kappa shape index (κ3) is 15.0. The molecule has 4 rings (SSSR count). The largest absolute Gasteiger partial charge is 0.472 e. The molecule has 308 valence electrons. The molecule has 3 N–H and O–H groups in total. The number of nitriles is 2. The molecule has 0 aliphatic carbocycles. The highest BCUT2D eigenvalue weighted by atomic mass is 35.5. The van der Waals surface area contributed by atoms with Gasteiger partial charge in [-0.1, -0.05) is 121 Å². The van der Waals surface area contributed by atoms with Gasteiger partial charge in [-0.05, 0) is 49.1 Å². The number of nitrogen functional groups attached to an aromatic ring is 1. The summed E-state index contributed by atoms with van der Waals surface area (Å²) in [6.07, 6.45) is 21.3. The zero-order valence-corrected chi connectivity index (χ0v) is 34.6.